The molecule has 8 heteroatoms. The number of aromatic nitrogens is 6. The van der Waals surface area contributed by atoms with Crippen molar-refractivity contribution >= 4 is 5.91 Å². The lowest BCUT2D eigenvalue weighted by Crippen LogP contribution is -2.41. The van der Waals surface area contributed by atoms with Crippen LogP contribution in [-0.4, -0.2) is 53.7 Å². The highest BCUT2D eigenvalue weighted by Crippen LogP contribution is 2.26. The summed E-state index contributed by atoms with van der Waals surface area (Å²) >= 11 is 0. The van der Waals surface area contributed by atoms with Gasteiger partial charge in [-0.3, -0.25) is 4.79 Å². The molecule has 1 amide bonds. The number of likely N-dealkylation sites (tertiary alicyclic amines) is 1. The molecule has 0 aliphatic carbocycles. The minimum atomic E-state index is 0.0197. The first-order valence-corrected chi connectivity index (χ1v) is 9.36. The van der Waals surface area contributed by atoms with E-state index in [2.05, 4.69) is 31.9 Å². The fraction of sp³-hybridized carbons (Fsp3) is 0.421. The number of rotatable bonds is 5. The summed E-state index contributed by atoms with van der Waals surface area (Å²) in [6, 6.07) is 9.64. The minimum absolute atomic E-state index is 0.0197. The molecule has 0 bridgehead atoms. The molecule has 1 aromatic carbocycles. The molecule has 3 aromatic rings. The summed E-state index contributed by atoms with van der Waals surface area (Å²) in [7, 11) is 0. The van der Waals surface area contributed by atoms with Crippen molar-refractivity contribution in [2.24, 2.45) is 0 Å². The Bertz CT molecular complexity index is 902. The third kappa shape index (κ3) is 3.74. The van der Waals surface area contributed by atoms with Gasteiger partial charge in [-0.25, -0.2) is 4.98 Å². The Balaban J connectivity index is 1.42. The van der Waals surface area contributed by atoms with E-state index < -0.39 is 0 Å². The van der Waals surface area contributed by atoms with Gasteiger partial charge in [0.05, 0.1) is 0 Å². The summed E-state index contributed by atoms with van der Waals surface area (Å²) in [5, 5.41) is 12.4. The van der Waals surface area contributed by atoms with Crippen molar-refractivity contribution in [3.63, 3.8) is 0 Å². The highest BCUT2D eigenvalue weighted by molar-refractivity contribution is 5.76. The van der Waals surface area contributed by atoms with Gasteiger partial charge >= 0.3 is 0 Å². The molecule has 1 saturated heterocycles. The summed E-state index contributed by atoms with van der Waals surface area (Å²) in [5.74, 6) is 1.90. The van der Waals surface area contributed by atoms with E-state index in [1.165, 1.54) is 4.80 Å². The molecule has 140 valence electrons. The Morgan fingerprint density at radius 1 is 1.26 bits per heavy atom. The molecule has 0 unspecified atom stereocenters. The third-order valence-corrected chi connectivity index (χ3v) is 4.99. The van der Waals surface area contributed by atoms with Crippen LogP contribution >= 0.6 is 0 Å². The predicted molar refractivity (Wildman–Crippen MR) is 99.7 cm³/mol. The molecule has 27 heavy (non-hydrogen) atoms. The monoisotopic (exact) mass is 365 g/mol. The molecule has 1 atom stereocenters. The number of carbonyl (C=O) groups is 1. The standard InChI is InChI=1S/C19H23N7O/c1-2-24-12-10-20-19(24)16-9-6-11-25(13-16)17(27)14-26-22-18(21-23-26)15-7-4-3-5-8-15/h3-5,7-8,10,12,16H,2,6,9,11,13-14H2,1H3/t16-/m0/s1. The van der Waals surface area contributed by atoms with E-state index in [1.54, 1.807) is 0 Å². The average Bonchev–Trinajstić information content (AvgIpc) is 3.38. The minimum Gasteiger partial charge on any atom is -0.340 e. The maximum Gasteiger partial charge on any atom is 0.246 e. The van der Waals surface area contributed by atoms with Crippen molar-refractivity contribution in [2.45, 2.75) is 38.8 Å². The molecule has 0 radical (unpaired) electrons. The number of benzene rings is 1. The number of piperidine rings is 1. The van der Waals surface area contributed by atoms with Gasteiger partial charge in [-0.1, -0.05) is 30.3 Å². The van der Waals surface area contributed by atoms with Crippen molar-refractivity contribution in [2.75, 3.05) is 13.1 Å². The van der Waals surface area contributed by atoms with Crippen molar-refractivity contribution < 1.29 is 4.79 Å². The summed E-state index contributed by atoms with van der Waals surface area (Å²) < 4.78 is 2.16. The molecule has 1 aliphatic rings. The van der Waals surface area contributed by atoms with Crippen molar-refractivity contribution in [3.05, 3.63) is 48.5 Å². The zero-order valence-electron chi connectivity index (χ0n) is 15.4. The molecule has 4 rings (SSSR count). The SMILES string of the molecule is CCn1ccnc1[C@H]1CCCN(C(=O)Cn2nnc(-c3ccccc3)n2)C1. The van der Waals surface area contributed by atoms with E-state index in [4.69, 9.17) is 0 Å². The van der Waals surface area contributed by atoms with Crippen LogP contribution in [0, 0.1) is 0 Å². The van der Waals surface area contributed by atoms with E-state index in [-0.39, 0.29) is 18.4 Å². The second kappa shape index (κ2) is 7.69. The lowest BCUT2D eigenvalue weighted by Gasteiger charge is -2.32. The van der Waals surface area contributed by atoms with Crippen LogP contribution in [-0.2, 0) is 17.9 Å². The van der Waals surface area contributed by atoms with Crippen LogP contribution in [0.4, 0.5) is 0 Å². The fourth-order valence-corrected chi connectivity index (χ4v) is 3.60. The zero-order chi connectivity index (χ0) is 18.6. The van der Waals surface area contributed by atoms with Gasteiger partial charge in [0, 0.05) is 43.5 Å². The van der Waals surface area contributed by atoms with Crippen LogP contribution in [0.1, 0.15) is 31.5 Å². The van der Waals surface area contributed by atoms with Gasteiger partial charge in [0.25, 0.3) is 0 Å². The van der Waals surface area contributed by atoms with E-state index >= 15 is 0 Å². The summed E-state index contributed by atoms with van der Waals surface area (Å²) in [4.78, 5) is 20.5. The normalized spacial score (nSPS) is 17.2. The molecule has 1 fully saturated rings. The highest BCUT2D eigenvalue weighted by atomic mass is 16.2. The first-order chi connectivity index (χ1) is 13.2. The van der Waals surface area contributed by atoms with E-state index in [0.717, 1.165) is 37.3 Å². The topological polar surface area (TPSA) is 81.7 Å². The fourth-order valence-electron chi connectivity index (χ4n) is 3.60. The number of carbonyl (C=O) groups excluding carboxylic acids is 1. The predicted octanol–water partition coefficient (Wildman–Crippen LogP) is 1.96. The van der Waals surface area contributed by atoms with Crippen LogP contribution in [0.15, 0.2) is 42.7 Å². The Morgan fingerprint density at radius 3 is 2.93 bits per heavy atom. The average molecular weight is 365 g/mol. The van der Waals surface area contributed by atoms with Gasteiger partial charge in [0.2, 0.25) is 11.7 Å². The van der Waals surface area contributed by atoms with E-state index in [9.17, 15) is 4.79 Å². The van der Waals surface area contributed by atoms with E-state index in [0.29, 0.717) is 12.4 Å². The number of imidazole rings is 1. The molecule has 3 heterocycles. The van der Waals surface area contributed by atoms with Crippen LogP contribution in [0.2, 0.25) is 0 Å². The molecule has 1 aliphatic heterocycles. The molecular weight excluding hydrogens is 342 g/mol. The summed E-state index contributed by atoms with van der Waals surface area (Å²) in [6.45, 7) is 4.57. The van der Waals surface area contributed by atoms with Crippen LogP contribution in [0.3, 0.4) is 0 Å². The second-order valence-corrected chi connectivity index (χ2v) is 6.76. The largest absolute Gasteiger partial charge is 0.340 e. The van der Waals surface area contributed by atoms with Crippen LogP contribution in [0.5, 0.6) is 0 Å². The van der Waals surface area contributed by atoms with Gasteiger partial charge in [-0.15, -0.1) is 10.2 Å². The Labute approximate surface area is 157 Å². The van der Waals surface area contributed by atoms with Crippen molar-refractivity contribution in [3.8, 4) is 11.4 Å². The maximum absolute atomic E-state index is 12.8. The lowest BCUT2D eigenvalue weighted by atomic mass is 9.97. The number of hydrogen-bond donors (Lipinski definition) is 0. The highest BCUT2D eigenvalue weighted by Gasteiger charge is 2.27. The van der Waals surface area contributed by atoms with Crippen LogP contribution < -0.4 is 0 Å². The van der Waals surface area contributed by atoms with Crippen molar-refractivity contribution in [1.82, 2.24) is 34.7 Å². The molecular formula is C19H23N7O. The second-order valence-electron chi connectivity index (χ2n) is 6.76. The van der Waals surface area contributed by atoms with Gasteiger partial charge < -0.3 is 9.47 Å². The number of hydrogen-bond acceptors (Lipinski definition) is 5. The Kier molecular flexibility index (Phi) is 4.95. The van der Waals surface area contributed by atoms with Gasteiger partial charge in [-0.05, 0) is 25.0 Å². The van der Waals surface area contributed by atoms with Crippen LogP contribution in [0.25, 0.3) is 11.4 Å². The third-order valence-electron chi connectivity index (χ3n) is 4.99. The van der Waals surface area contributed by atoms with Crippen molar-refractivity contribution in [1.29, 1.82) is 0 Å². The maximum atomic E-state index is 12.8. The quantitative estimate of drug-likeness (QED) is 0.690. The number of aryl methyl sites for hydroxylation is 1. The molecule has 2 aromatic heterocycles. The summed E-state index contributed by atoms with van der Waals surface area (Å²) in [5.41, 5.74) is 0.889. The lowest BCUT2D eigenvalue weighted by molar-refractivity contribution is -0.133. The molecule has 0 saturated carbocycles. The first-order valence-electron chi connectivity index (χ1n) is 9.36. The van der Waals surface area contributed by atoms with Gasteiger partial charge in [0.15, 0.2) is 0 Å². The number of nitrogens with zero attached hydrogens (tertiary/aromatic N) is 7. The van der Waals surface area contributed by atoms with Gasteiger partial charge in [-0.2, -0.15) is 4.80 Å². The Hall–Kier alpha value is -3.03. The first kappa shape index (κ1) is 17.4. The Morgan fingerprint density at radius 2 is 2.11 bits per heavy atom. The number of tetrazole rings is 1. The number of amides is 1. The smallest absolute Gasteiger partial charge is 0.246 e. The summed E-state index contributed by atoms with van der Waals surface area (Å²) in [6.07, 6.45) is 5.87. The van der Waals surface area contributed by atoms with E-state index in [1.807, 2.05) is 47.6 Å². The van der Waals surface area contributed by atoms with Gasteiger partial charge in [0.1, 0.15) is 12.4 Å². The molecule has 0 spiro atoms. The zero-order valence-corrected chi connectivity index (χ0v) is 15.4. The molecule has 8 nitrogen and oxygen atoms in total. The molecule has 0 N–H and O–H groups in total.